The van der Waals surface area contributed by atoms with E-state index in [1.807, 2.05) is 12.1 Å². The highest BCUT2D eigenvalue weighted by atomic mass is 16.3. The van der Waals surface area contributed by atoms with Crippen molar-refractivity contribution in [1.82, 2.24) is 32.0 Å². The highest BCUT2D eigenvalue weighted by molar-refractivity contribution is 6.30. The second kappa shape index (κ2) is 30.9. The summed E-state index contributed by atoms with van der Waals surface area (Å²) in [4.78, 5) is 0. The van der Waals surface area contributed by atoms with Crippen LogP contribution in [0.1, 0.15) is 0 Å². The summed E-state index contributed by atoms with van der Waals surface area (Å²) in [5, 5.41) is 19.9. The lowest BCUT2D eigenvalue weighted by Gasteiger charge is -2.12. The molecule has 29 rings (SSSR count). The number of rotatable bonds is 10. The van der Waals surface area contributed by atoms with Gasteiger partial charge >= 0.3 is 0 Å². The van der Waals surface area contributed by atoms with Crippen molar-refractivity contribution in [3.63, 3.8) is 0 Å². The van der Waals surface area contributed by atoms with E-state index in [4.69, 9.17) is 4.42 Å². The molecule has 626 valence electrons. The summed E-state index contributed by atoms with van der Waals surface area (Å²) in [6.45, 7) is 0. The first-order chi connectivity index (χ1) is 66.6. The van der Waals surface area contributed by atoms with Crippen molar-refractivity contribution in [2.75, 3.05) is 0 Å². The predicted molar refractivity (Wildman–Crippen MR) is 563 cm³/mol. The summed E-state index contributed by atoms with van der Waals surface area (Å²) in [7, 11) is 0. The second-order valence-corrected chi connectivity index (χ2v) is 34.9. The van der Waals surface area contributed by atoms with Crippen LogP contribution in [0.25, 0.3) is 248 Å². The number of para-hydroxylation sites is 12. The first-order valence-corrected chi connectivity index (χ1v) is 46.0. The van der Waals surface area contributed by atoms with Gasteiger partial charge in [0.15, 0.2) is 0 Å². The molecule has 0 fully saturated rings. The minimum atomic E-state index is 0.915. The molecule has 0 amide bonds. The lowest BCUT2D eigenvalue weighted by Crippen LogP contribution is -1.98. The number of furan rings is 1. The van der Waals surface area contributed by atoms with Crippen LogP contribution in [0, 0.1) is 0 Å². The van der Waals surface area contributed by atoms with Crippen LogP contribution in [0.3, 0.4) is 0 Å². The molecule has 29 aromatic rings. The maximum absolute atomic E-state index is 6.46. The van der Waals surface area contributed by atoms with Crippen LogP contribution in [0.15, 0.2) is 496 Å². The summed E-state index contributed by atoms with van der Waals surface area (Å²) in [6.07, 6.45) is 0. The van der Waals surface area contributed by atoms with Crippen LogP contribution in [-0.2, 0) is 0 Å². The highest BCUT2D eigenvalue weighted by Crippen LogP contribution is 2.49. The molecule has 0 saturated heterocycles. The van der Waals surface area contributed by atoms with Crippen LogP contribution in [-0.4, -0.2) is 32.0 Å². The minimum Gasteiger partial charge on any atom is -0.455 e. The Morgan fingerprint density at radius 3 is 0.806 bits per heavy atom. The fourth-order valence-electron chi connectivity index (χ4n) is 21.9. The third-order valence-electron chi connectivity index (χ3n) is 27.7. The third-order valence-corrected chi connectivity index (χ3v) is 27.7. The van der Waals surface area contributed by atoms with Crippen molar-refractivity contribution in [2.24, 2.45) is 0 Å². The van der Waals surface area contributed by atoms with E-state index in [1.165, 1.54) is 175 Å². The Hall–Kier alpha value is -18.0. The molecule has 0 saturated carbocycles. The van der Waals surface area contributed by atoms with Crippen molar-refractivity contribution >= 4 is 175 Å². The summed E-state index contributed by atoms with van der Waals surface area (Å²) in [6, 6.07) is 177. The molecule has 0 bridgehead atoms. The molecule has 8 heteroatoms. The molecule has 0 spiro atoms. The zero-order chi connectivity index (χ0) is 88.0. The number of fused-ring (bicyclic) bond motifs is 27. The number of nitrogens with zero attached hydrogens (tertiary/aromatic N) is 7. The maximum atomic E-state index is 6.46. The van der Waals surface area contributed by atoms with Crippen molar-refractivity contribution in [1.29, 1.82) is 0 Å². The lowest BCUT2D eigenvalue weighted by atomic mass is 10.00. The van der Waals surface area contributed by atoms with Crippen LogP contribution in [0.2, 0.25) is 0 Å². The number of hydrogen-bond acceptors (Lipinski definition) is 1. The van der Waals surface area contributed by atoms with Gasteiger partial charge in [-0.25, -0.2) is 0 Å². The summed E-state index contributed by atoms with van der Waals surface area (Å²) in [5.74, 6) is 0. The molecule has 8 aromatic heterocycles. The summed E-state index contributed by atoms with van der Waals surface area (Å²) >= 11 is 0. The molecule has 0 N–H and O–H groups in total. The summed E-state index contributed by atoms with van der Waals surface area (Å²) in [5.41, 5.74) is 34.0. The number of aromatic nitrogens is 7. The average molecular weight is 1710 g/mol. The molecule has 0 aliphatic heterocycles. The first kappa shape index (κ1) is 76.1. The Morgan fingerprint density at radius 2 is 0.396 bits per heavy atom. The topological polar surface area (TPSA) is 47.6 Å². The molecule has 134 heavy (non-hydrogen) atoms. The Bertz CT molecular complexity index is 9480. The van der Waals surface area contributed by atoms with Crippen molar-refractivity contribution in [3.05, 3.63) is 491 Å². The number of benzene rings is 21. The van der Waals surface area contributed by atoms with Gasteiger partial charge in [0, 0.05) is 132 Å². The van der Waals surface area contributed by atoms with Crippen LogP contribution >= 0.6 is 0 Å². The van der Waals surface area contributed by atoms with E-state index in [-0.39, 0.29) is 0 Å². The molecular formula is C126H81N7O. The Balaban J connectivity index is 0.000000102. The van der Waals surface area contributed by atoms with E-state index < -0.39 is 0 Å². The Morgan fingerprint density at radius 1 is 0.134 bits per heavy atom. The molecule has 0 radical (unpaired) electrons. The average Bonchev–Trinajstić information content (AvgIpc) is 1.54. The third kappa shape index (κ3) is 11.9. The van der Waals surface area contributed by atoms with E-state index in [9.17, 15) is 0 Å². The fourth-order valence-corrected chi connectivity index (χ4v) is 21.9. The fraction of sp³-hybridized carbons (Fsp3) is 0. The van der Waals surface area contributed by atoms with Gasteiger partial charge in [0.05, 0.1) is 77.2 Å². The van der Waals surface area contributed by atoms with Crippen molar-refractivity contribution < 1.29 is 4.42 Å². The standard InChI is InChI=1S/C42H27N3.C42H26N2O.C42H28N2/c1-3-13-28(14-4-1)44-39-22-12-9-19-33(39)34-24-25-35-36-27-30(43-37-20-10-7-17-31(37)32-18-8-11-21-38(32)43)23-26-40(36)45(42(35)41(34)44)29-15-5-2-6-16-29;1-3-12-28(13-4-1)43-37-20-9-7-16-31(37)33-23-24-34-36-26-27(30-18-11-19-35-32-17-8-10-21-39(32)45-42(30)35)22-25-38(36)44(41(34)40(33)43)29-14-5-2-6-15-29;1-3-11-29(12-4-1)31-19-23-33(24-20-31)43-37-17-9-7-15-35(37)41-39(43)27-28-40-42(41)36-16-8-10-18-38(36)44(40)34-25-21-32(22-26-34)30-13-5-2-6-14-30/h1-27H;1-26H;1-28H. The molecular weight excluding hydrogens is 1630 g/mol. The van der Waals surface area contributed by atoms with Gasteiger partial charge in [0.25, 0.3) is 0 Å². The molecule has 0 atom stereocenters. The molecule has 8 heterocycles. The normalized spacial score (nSPS) is 11.9. The Labute approximate surface area is 770 Å². The van der Waals surface area contributed by atoms with Gasteiger partial charge in [-0.1, -0.05) is 334 Å². The minimum absolute atomic E-state index is 0.915. The lowest BCUT2D eigenvalue weighted by molar-refractivity contribution is 0.670. The van der Waals surface area contributed by atoms with Crippen LogP contribution in [0.4, 0.5) is 0 Å². The molecule has 0 aliphatic rings. The van der Waals surface area contributed by atoms with Crippen LogP contribution < -0.4 is 0 Å². The van der Waals surface area contributed by atoms with E-state index >= 15 is 0 Å². The smallest absolute Gasteiger partial charge is 0.143 e. The van der Waals surface area contributed by atoms with Gasteiger partial charge in [-0.3, -0.25) is 0 Å². The molecule has 21 aromatic carbocycles. The summed E-state index contributed by atoms with van der Waals surface area (Å²) < 4.78 is 23.5. The van der Waals surface area contributed by atoms with Crippen molar-refractivity contribution in [2.45, 2.75) is 0 Å². The Kier molecular flexibility index (Phi) is 17.5. The van der Waals surface area contributed by atoms with Gasteiger partial charge < -0.3 is 36.4 Å². The van der Waals surface area contributed by atoms with E-state index in [1.54, 1.807) is 0 Å². The number of hydrogen-bond donors (Lipinski definition) is 0. The predicted octanol–water partition coefficient (Wildman–Crippen LogP) is 33.6. The van der Waals surface area contributed by atoms with E-state index in [0.717, 1.165) is 72.9 Å². The van der Waals surface area contributed by atoms with E-state index in [0.29, 0.717) is 0 Å². The maximum Gasteiger partial charge on any atom is 0.143 e. The molecule has 0 unspecified atom stereocenters. The first-order valence-electron chi connectivity index (χ1n) is 46.0. The van der Waals surface area contributed by atoms with Crippen molar-refractivity contribution in [3.8, 4) is 73.2 Å². The molecule has 8 nitrogen and oxygen atoms in total. The van der Waals surface area contributed by atoms with E-state index in [2.05, 4.69) is 511 Å². The molecule has 0 aliphatic carbocycles. The monoisotopic (exact) mass is 1710 g/mol. The largest absolute Gasteiger partial charge is 0.455 e. The second-order valence-electron chi connectivity index (χ2n) is 34.9. The van der Waals surface area contributed by atoms with Crippen LogP contribution in [0.5, 0.6) is 0 Å². The highest BCUT2D eigenvalue weighted by Gasteiger charge is 2.28. The van der Waals surface area contributed by atoms with Gasteiger partial charge in [-0.2, -0.15) is 0 Å². The van der Waals surface area contributed by atoms with Gasteiger partial charge in [0.2, 0.25) is 0 Å². The SMILES string of the molecule is c1ccc(-c2ccc(-n3c4ccccc4c4c5c6ccccc6n(-c6ccc(-c7ccccc7)cc6)c5ccc43)cc2)cc1.c1ccc(-n2c3ccccc3c3ccc4c5cc(-c6cccc7c6oc6ccccc67)ccc5n(-c5ccccc5)c4c32)cc1.c1ccc(-n2c3ccccc3c3ccc4c5cc(-n6c7ccccc7c7ccccc76)ccc5n(-c5ccccc5)c4c32)cc1. The zero-order valence-electron chi connectivity index (χ0n) is 72.8. The van der Waals surface area contributed by atoms with Gasteiger partial charge in [0.1, 0.15) is 11.2 Å². The zero-order valence-corrected chi connectivity index (χ0v) is 72.8. The van der Waals surface area contributed by atoms with Gasteiger partial charge in [-0.05, 0) is 186 Å². The van der Waals surface area contributed by atoms with Gasteiger partial charge in [-0.15, -0.1) is 0 Å². The quantitative estimate of drug-likeness (QED) is 0.135.